The summed E-state index contributed by atoms with van der Waals surface area (Å²) in [5, 5.41) is 7.07. The largest absolute Gasteiger partial charge is 0.456 e. The highest BCUT2D eigenvalue weighted by Gasteiger charge is 2.22. The zero-order chi connectivity index (χ0) is 38.2. The molecule has 58 heavy (non-hydrogen) atoms. The maximum Gasteiger partial charge on any atom is 0.159 e. The van der Waals surface area contributed by atoms with Crippen LogP contribution < -0.4 is 4.90 Å². The Kier molecular flexibility index (Phi) is 7.40. The van der Waals surface area contributed by atoms with E-state index in [1.165, 1.54) is 36.7 Å². The summed E-state index contributed by atoms with van der Waals surface area (Å²) in [7, 11) is 0. The highest BCUT2D eigenvalue weighted by molar-refractivity contribution is 7.26. The molecule has 12 rings (SSSR count). The van der Waals surface area contributed by atoms with Crippen molar-refractivity contribution in [2.24, 2.45) is 0 Å². The first-order valence-corrected chi connectivity index (χ1v) is 20.4. The van der Waals surface area contributed by atoms with Crippen molar-refractivity contribution in [3.05, 3.63) is 200 Å². The van der Waals surface area contributed by atoms with Gasteiger partial charge in [0.15, 0.2) is 5.58 Å². The number of hydrogen-bond donors (Lipinski definition) is 0. The van der Waals surface area contributed by atoms with E-state index in [1.54, 1.807) is 0 Å². The third-order valence-electron chi connectivity index (χ3n) is 11.5. The Balaban J connectivity index is 1.03. The van der Waals surface area contributed by atoms with Crippen LogP contribution >= 0.6 is 11.3 Å². The standard InChI is InChI=1S/C54H33NO2S/c1-3-12-34(13-4-1)35-24-28-38(29-25-35)55(46-21-10-20-44-43-19-9-18-41(52(43)57-53(44)46)36-14-5-2-6-15-36)39-30-26-37(27-31-39)40-17-11-22-47-50(40)51-48(56-47)33-32-45-42-16-7-8-23-49(42)58-54(45)51/h1-33H. The minimum Gasteiger partial charge on any atom is -0.456 e. The van der Waals surface area contributed by atoms with Crippen molar-refractivity contribution in [2.75, 3.05) is 4.90 Å². The van der Waals surface area contributed by atoms with Crippen LogP contribution in [0.25, 0.3) is 97.4 Å². The third-order valence-corrected chi connectivity index (χ3v) is 12.7. The van der Waals surface area contributed by atoms with Crippen molar-refractivity contribution >= 4 is 92.4 Å². The summed E-state index contributed by atoms with van der Waals surface area (Å²) in [6.45, 7) is 0. The van der Waals surface area contributed by atoms with Gasteiger partial charge in [0.2, 0.25) is 0 Å². The molecule has 0 saturated heterocycles. The Morgan fingerprint density at radius 2 is 0.914 bits per heavy atom. The lowest BCUT2D eigenvalue weighted by Gasteiger charge is -2.26. The SMILES string of the molecule is c1ccc(-c2ccc(N(c3ccc(-c4cccc5oc6ccc7c8ccccc8sc7c6c45)cc3)c3cccc4c3oc3c(-c5ccccc5)cccc34)cc2)cc1. The minimum absolute atomic E-state index is 0.846. The molecule has 0 unspecified atom stereocenters. The van der Waals surface area contributed by atoms with Crippen molar-refractivity contribution < 1.29 is 8.83 Å². The van der Waals surface area contributed by atoms with Gasteiger partial charge in [-0.1, -0.05) is 146 Å². The molecule has 9 aromatic carbocycles. The number of rotatable bonds is 6. The highest BCUT2D eigenvalue weighted by Crippen LogP contribution is 2.47. The second-order valence-corrected chi connectivity index (χ2v) is 15.8. The van der Waals surface area contributed by atoms with Crippen molar-refractivity contribution in [1.29, 1.82) is 0 Å². The Hall–Kier alpha value is -7.40. The van der Waals surface area contributed by atoms with Gasteiger partial charge in [-0.3, -0.25) is 0 Å². The second-order valence-electron chi connectivity index (χ2n) is 14.8. The lowest BCUT2D eigenvalue weighted by molar-refractivity contribution is 0.669. The molecule has 0 saturated carbocycles. The van der Waals surface area contributed by atoms with E-state index in [4.69, 9.17) is 8.83 Å². The molecule has 0 spiro atoms. The second kappa shape index (κ2) is 13.1. The molecule has 0 bridgehead atoms. The zero-order valence-corrected chi connectivity index (χ0v) is 32.0. The van der Waals surface area contributed by atoms with Gasteiger partial charge in [-0.25, -0.2) is 0 Å². The van der Waals surface area contributed by atoms with Gasteiger partial charge < -0.3 is 13.7 Å². The molecular weight excluding hydrogens is 727 g/mol. The van der Waals surface area contributed by atoms with Crippen LogP contribution in [0.1, 0.15) is 0 Å². The summed E-state index contributed by atoms with van der Waals surface area (Å²) in [6.07, 6.45) is 0. The van der Waals surface area contributed by atoms with Gasteiger partial charge in [0.1, 0.15) is 16.7 Å². The average Bonchev–Trinajstić information content (AvgIpc) is 3.99. The molecule has 0 atom stereocenters. The van der Waals surface area contributed by atoms with Crippen LogP contribution in [0.3, 0.4) is 0 Å². The summed E-state index contributed by atoms with van der Waals surface area (Å²) >= 11 is 1.84. The molecule has 0 fully saturated rings. The molecule has 0 aliphatic heterocycles. The number of anilines is 3. The minimum atomic E-state index is 0.846. The van der Waals surface area contributed by atoms with Gasteiger partial charge in [0, 0.05) is 58.7 Å². The van der Waals surface area contributed by atoms with Crippen LogP contribution in [0, 0.1) is 0 Å². The average molecular weight is 760 g/mol. The molecule has 0 radical (unpaired) electrons. The fourth-order valence-corrected chi connectivity index (χ4v) is 10.1. The monoisotopic (exact) mass is 759 g/mol. The van der Waals surface area contributed by atoms with Gasteiger partial charge in [-0.05, 0) is 82.4 Å². The smallest absolute Gasteiger partial charge is 0.159 e. The maximum atomic E-state index is 6.97. The van der Waals surface area contributed by atoms with Gasteiger partial charge in [-0.15, -0.1) is 11.3 Å². The van der Waals surface area contributed by atoms with E-state index in [9.17, 15) is 0 Å². The quantitative estimate of drug-likeness (QED) is 0.169. The fraction of sp³-hybridized carbons (Fsp3) is 0. The van der Waals surface area contributed by atoms with Crippen LogP contribution in [0.15, 0.2) is 209 Å². The zero-order valence-electron chi connectivity index (χ0n) is 31.2. The predicted molar refractivity (Wildman–Crippen MR) is 245 cm³/mol. The number of furan rings is 2. The fourth-order valence-electron chi connectivity index (χ4n) is 8.80. The van der Waals surface area contributed by atoms with Crippen LogP contribution in [0.5, 0.6) is 0 Å². The maximum absolute atomic E-state index is 6.97. The van der Waals surface area contributed by atoms with E-state index >= 15 is 0 Å². The lowest BCUT2D eigenvalue weighted by Crippen LogP contribution is -2.10. The highest BCUT2D eigenvalue weighted by atomic mass is 32.1. The number of fused-ring (bicyclic) bond motifs is 10. The Morgan fingerprint density at radius 3 is 1.69 bits per heavy atom. The molecule has 4 heteroatoms. The first-order chi connectivity index (χ1) is 28.8. The Morgan fingerprint density at radius 1 is 0.345 bits per heavy atom. The van der Waals surface area contributed by atoms with Crippen LogP contribution in [0.2, 0.25) is 0 Å². The molecule has 3 nitrogen and oxygen atoms in total. The molecule has 12 aromatic rings. The molecule has 3 heterocycles. The summed E-state index contributed by atoms with van der Waals surface area (Å²) in [6, 6.07) is 71.1. The Bertz CT molecular complexity index is 3490. The first kappa shape index (κ1) is 32.8. The summed E-state index contributed by atoms with van der Waals surface area (Å²) in [4.78, 5) is 2.32. The van der Waals surface area contributed by atoms with Crippen LogP contribution in [-0.4, -0.2) is 0 Å². The summed E-state index contributed by atoms with van der Waals surface area (Å²) in [5.74, 6) is 0. The van der Waals surface area contributed by atoms with Crippen molar-refractivity contribution in [1.82, 2.24) is 0 Å². The first-order valence-electron chi connectivity index (χ1n) is 19.6. The third kappa shape index (κ3) is 5.12. The molecular formula is C54H33NO2S. The Labute approximate surface area is 338 Å². The lowest BCUT2D eigenvalue weighted by atomic mass is 9.98. The molecule has 3 aromatic heterocycles. The van der Waals surface area contributed by atoms with E-state index in [0.717, 1.165) is 77.8 Å². The van der Waals surface area contributed by atoms with E-state index in [0.29, 0.717) is 0 Å². The van der Waals surface area contributed by atoms with E-state index in [1.807, 2.05) is 11.3 Å². The molecule has 0 amide bonds. The summed E-state index contributed by atoms with van der Waals surface area (Å²) < 4.78 is 16.0. The topological polar surface area (TPSA) is 29.5 Å². The van der Waals surface area contributed by atoms with E-state index in [-0.39, 0.29) is 0 Å². The van der Waals surface area contributed by atoms with Crippen LogP contribution in [0.4, 0.5) is 17.1 Å². The molecule has 0 N–H and O–H groups in total. The number of hydrogen-bond acceptors (Lipinski definition) is 4. The van der Waals surface area contributed by atoms with Crippen molar-refractivity contribution in [2.45, 2.75) is 0 Å². The van der Waals surface area contributed by atoms with Crippen LogP contribution in [-0.2, 0) is 0 Å². The number of benzene rings is 9. The molecule has 0 aliphatic carbocycles. The van der Waals surface area contributed by atoms with Gasteiger partial charge in [0.25, 0.3) is 0 Å². The van der Waals surface area contributed by atoms with Crippen molar-refractivity contribution in [3.63, 3.8) is 0 Å². The normalized spacial score (nSPS) is 11.8. The molecule has 272 valence electrons. The van der Waals surface area contributed by atoms with Gasteiger partial charge in [0.05, 0.1) is 5.69 Å². The van der Waals surface area contributed by atoms with Gasteiger partial charge in [-0.2, -0.15) is 0 Å². The van der Waals surface area contributed by atoms with E-state index < -0.39 is 0 Å². The number of thiophene rings is 1. The molecule has 0 aliphatic rings. The number of para-hydroxylation sites is 2. The van der Waals surface area contributed by atoms with E-state index in [2.05, 4.69) is 205 Å². The van der Waals surface area contributed by atoms with Gasteiger partial charge >= 0.3 is 0 Å². The predicted octanol–water partition coefficient (Wildman–Crippen LogP) is 16.3. The number of nitrogens with zero attached hydrogens (tertiary/aromatic N) is 1. The summed E-state index contributed by atoms with van der Waals surface area (Å²) in [5.41, 5.74) is 13.4. The van der Waals surface area contributed by atoms with Crippen molar-refractivity contribution in [3.8, 4) is 33.4 Å².